The zero-order valence-electron chi connectivity index (χ0n) is 18.8. The van der Waals surface area contributed by atoms with Crippen molar-refractivity contribution in [3.63, 3.8) is 0 Å². The standard InChI is InChI=1S/C29H30N2O/c1-22-15-16-27-26(19-22)25-13-8-14-28(32)29(25)31(27)18-17-30(20-23-9-4-2-5-10-23)21-24-11-6-3-7-12-24/h2-7,9-12,15-16,19H,8,13-14,17-18,20-21H2,1H3/p+1. The van der Waals surface area contributed by atoms with Crippen LogP contribution in [0.3, 0.4) is 0 Å². The second-order valence-electron chi connectivity index (χ2n) is 9.10. The number of aromatic nitrogens is 1. The molecular formula is C29H31N2O+. The first-order valence-corrected chi connectivity index (χ1v) is 11.8. The number of hydrogen-bond acceptors (Lipinski definition) is 1. The van der Waals surface area contributed by atoms with Crippen molar-refractivity contribution in [1.29, 1.82) is 0 Å². The van der Waals surface area contributed by atoms with Gasteiger partial charge in [0.05, 0.1) is 18.8 Å². The van der Waals surface area contributed by atoms with E-state index in [9.17, 15) is 4.79 Å². The molecule has 162 valence electrons. The average molecular weight is 424 g/mol. The summed E-state index contributed by atoms with van der Waals surface area (Å²) in [5.41, 5.74) is 7.42. The van der Waals surface area contributed by atoms with Crippen molar-refractivity contribution >= 4 is 16.7 Å². The summed E-state index contributed by atoms with van der Waals surface area (Å²) >= 11 is 0. The summed E-state index contributed by atoms with van der Waals surface area (Å²) < 4.78 is 2.32. The molecule has 0 atom stereocenters. The molecule has 3 nitrogen and oxygen atoms in total. The molecule has 0 aliphatic heterocycles. The molecule has 0 unspecified atom stereocenters. The molecule has 0 amide bonds. The maximum Gasteiger partial charge on any atom is 0.179 e. The number of Topliss-reactive ketones (excluding diaryl/α,β-unsaturated/α-hetero) is 1. The summed E-state index contributed by atoms with van der Waals surface area (Å²) in [5, 5.41) is 1.28. The van der Waals surface area contributed by atoms with Gasteiger partial charge < -0.3 is 9.47 Å². The van der Waals surface area contributed by atoms with Crippen LogP contribution >= 0.6 is 0 Å². The van der Waals surface area contributed by atoms with E-state index in [2.05, 4.69) is 90.4 Å². The smallest absolute Gasteiger partial charge is 0.179 e. The van der Waals surface area contributed by atoms with Crippen molar-refractivity contribution in [3.8, 4) is 0 Å². The molecule has 0 spiro atoms. The Labute approximate surface area is 190 Å². The van der Waals surface area contributed by atoms with E-state index in [0.29, 0.717) is 12.2 Å². The Morgan fingerprint density at radius 3 is 2.16 bits per heavy atom. The molecule has 1 aliphatic carbocycles. The third-order valence-corrected chi connectivity index (χ3v) is 6.70. The van der Waals surface area contributed by atoms with Gasteiger partial charge in [0.15, 0.2) is 5.78 Å². The highest BCUT2D eigenvalue weighted by Gasteiger charge is 2.26. The molecule has 1 aromatic heterocycles. The van der Waals surface area contributed by atoms with Crippen LogP contribution in [-0.2, 0) is 26.1 Å². The number of aryl methyl sites for hydroxylation is 2. The van der Waals surface area contributed by atoms with Crippen molar-refractivity contribution in [2.24, 2.45) is 0 Å². The van der Waals surface area contributed by atoms with Crippen LogP contribution in [0, 0.1) is 6.92 Å². The van der Waals surface area contributed by atoms with Gasteiger partial charge in [-0.1, -0.05) is 72.3 Å². The van der Waals surface area contributed by atoms with Crippen molar-refractivity contribution in [2.45, 2.75) is 45.8 Å². The first kappa shape index (κ1) is 20.7. The fourth-order valence-electron chi connectivity index (χ4n) is 5.16. The third kappa shape index (κ3) is 4.26. The summed E-state index contributed by atoms with van der Waals surface area (Å²) in [6.07, 6.45) is 2.66. The summed E-state index contributed by atoms with van der Waals surface area (Å²) in [7, 11) is 0. The Morgan fingerprint density at radius 2 is 1.50 bits per heavy atom. The van der Waals surface area contributed by atoms with Crippen LogP contribution in [0.25, 0.3) is 10.9 Å². The number of carbonyl (C=O) groups excluding carboxylic acids is 1. The predicted molar refractivity (Wildman–Crippen MR) is 130 cm³/mol. The van der Waals surface area contributed by atoms with E-state index in [1.165, 1.54) is 38.1 Å². The first-order chi connectivity index (χ1) is 15.7. The van der Waals surface area contributed by atoms with E-state index >= 15 is 0 Å². The SMILES string of the molecule is Cc1ccc2c(c1)c1c(n2CC[NH+](Cc2ccccc2)Cc2ccccc2)C(=O)CCC1. The number of quaternary nitrogens is 1. The Hall–Kier alpha value is -3.17. The van der Waals surface area contributed by atoms with Gasteiger partial charge in [0.25, 0.3) is 0 Å². The van der Waals surface area contributed by atoms with Crippen LogP contribution in [0.4, 0.5) is 0 Å². The van der Waals surface area contributed by atoms with Crippen LogP contribution in [0.15, 0.2) is 78.9 Å². The molecule has 0 fully saturated rings. The molecule has 3 aromatic carbocycles. The number of carbonyl (C=O) groups is 1. The minimum Gasteiger partial charge on any atom is -0.332 e. The molecule has 3 heteroatoms. The Balaban J connectivity index is 1.46. The predicted octanol–water partition coefficient (Wildman–Crippen LogP) is 4.75. The van der Waals surface area contributed by atoms with Crippen LogP contribution in [0.5, 0.6) is 0 Å². The van der Waals surface area contributed by atoms with Crippen LogP contribution in [0.1, 0.15) is 45.6 Å². The van der Waals surface area contributed by atoms with Crippen LogP contribution in [-0.4, -0.2) is 16.9 Å². The summed E-state index contributed by atoms with van der Waals surface area (Å²) in [6, 6.07) is 28.1. The van der Waals surface area contributed by atoms with E-state index < -0.39 is 0 Å². The van der Waals surface area contributed by atoms with E-state index in [1.54, 1.807) is 0 Å². The zero-order valence-corrected chi connectivity index (χ0v) is 18.8. The number of rotatable bonds is 7. The fourth-order valence-corrected chi connectivity index (χ4v) is 5.16. The molecule has 4 aromatic rings. The molecule has 0 bridgehead atoms. The van der Waals surface area contributed by atoms with Gasteiger partial charge in [-0.25, -0.2) is 0 Å². The lowest BCUT2D eigenvalue weighted by atomic mass is 9.94. The topological polar surface area (TPSA) is 26.4 Å². The van der Waals surface area contributed by atoms with Crippen molar-refractivity contribution in [3.05, 3.63) is 107 Å². The Kier molecular flexibility index (Phi) is 5.91. The summed E-state index contributed by atoms with van der Waals surface area (Å²) in [5.74, 6) is 0.313. The zero-order chi connectivity index (χ0) is 21.9. The molecule has 1 N–H and O–H groups in total. The lowest BCUT2D eigenvalue weighted by Crippen LogP contribution is -3.09. The first-order valence-electron chi connectivity index (χ1n) is 11.8. The summed E-state index contributed by atoms with van der Waals surface area (Å²) in [6.45, 7) is 5.92. The van der Waals surface area contributed by atoms with Gasteiger partial charge in [-0.2, -0.15) is 0 Å². The van der Waals surface area contributed by atoms with Gasteiger partial charge in [0, 0.05) is 28.5 Å². The van der Waals surface area contributed by atoms with Gasteiger partial charge in [-0.05, 0) is 37.5 Å². The lowest BCUT2D eigenvalue weighted by Gasteiger charge is -2.22. The molecule has 5 rings (SSSR count). The number of fused-ring (bicyclic) bond motifs is 3. The number of benzene rings is 3. The Morgan fingerprint density at radius 1 is 0.844 bits per heavy atom. The van der Waals surface area contributed by atoms with Crippen molar-refractivity contribution in [2.75, 3.05) is 6.54 Å². The molecule has 1 aliphatic rings. The largest absolute Gasteiger partial charge is 0.332 e. The molecule has 32 heavy (non-hydrogen) atoms. The second-order valence-corrected chi connectivity index (χ2v) is 9.10. The maximum absolute atomic E-state index is 13.0. The quantitative estimate of drug-likeness (QED) is 0.456. The Bertz CT molecular complexity index is 1180. The minimum atomic E-state index is 0.313. The van der Waals surface area contributed by atoms with Gasteiger partial charge >= 0.3 is 0 Å². The van der Waals surface area contributed by atoms with Gasteiger partial charge in [-0.3, -0.25) is 4.79 Å². The third-order valence-electron chi connectivity index (χ3n) is 6.70. The minimum absolute atomic E-state index is 0.313. The maximum atomic E-state index is 13.0. The van der Waals surface area contributed by atoms with Gasteiger partial charge in [-0.15, -0.1) is 0 Å². The number of nitrogens with one attached hydrogen (secondary N) is 1. The van der Waals surface area contributed by atoms with E-state index in [4.69, 9.17) is 0 Å². The van der Waals surface area contributed by atoms with Crippen LogP contribution < -0.4 is 4.90 Å². The highest BCUT2D eigenvalue weighted by atomic mass is 16.1. The fraction of sp³-hybridized carbons (Fsp3) is 0.276. The van der Waals surface area contributed by atoms with Gasteiger partial charge in [0.2, 0.25) is 0 Å². The van der Waals surface area contributed by atoms with Crippen molar-refractivity contribution in [1.82, 2.24) is 4.57 Å². The van der Waals surface area contributed by atoms with Gasteiger partial charge in [0.1, 0.15) is 13.1 Å². The molecule has 0 saturated heterocycles. The molecule has 0 radical (unpaired) electrons. The number of hydrogen-bond donors (Lipinski definition) is 1. The highest BCUT2D eigenvalue weighted by Crippen LogP contribution is 2.32. The molecule has 1 heterocycles. The number of ketones is 1. The van der Waals surface area contributed by atoms with E-state index in [0.717, 1.165) is 44.7 Å². The number of nitrogens with zero attached hydrogens (tertiary/aromatic N) is 1. The lowest BCUT2D eigenvalue weighted by molar-refractivity contribution is -0.928. The van der Waals surface area contributed by atoms with Crippen LogP contribution in [0.2, 0.25) is 0 Å². The second kappa shape index (κ2) is 9.13. The normalized spacial score (nSPS) is 13.6. The highest BCUT2D eigenvalue weighted by molar-refractivity contribution is 6.04. The molecule has 0 saturated carbocycles. The molecular weight excluding hydrogens is 392 g/mol. The van der Waals surface area contributed by atoms with E-state index in [-0.39, 0.29) is 0 Å². The van der Waals surface area contributed by atoms with E-state index in [1.807, 2.05) is 0 Å². The monoisotopic (exact) mass is 423 g/mol. The average Bonchev–Trinajstić information content (AvgIpc) is 3.13. The van der Waals surface area contributed by atoms with Crippen molar-refractivity contribution < 1.29 is 9.69 Å². The summed E-state index contributed by atoms with van der Waals surface area (Å²) in [4.78, 5) is 14.5.